The zero-order valence-electron chi connectivity index (χ0n) is 12.4. The molecule has 1 aliphatic carbocycles. The highest BCUT2D eigenvalue weighted by molar-refractivity contribution is 6.01. The molecule has 0 spiro atoms. The van der Waals surface area contributed by atoms with Gasteiger partial charge in [-0.3, -0.25) is 9.59 Å². The van der Waals surface area contributed by atoms with Crippen molar-refractivity contribution >= 4 is 11.9 Å². The van der Waals surface area contributed by atoms with Crippen LogP contribution in [0.1, 0.15) is 46.9 Å². The molecule has 4 heteroatoms. The predicted molar refractivity (Wildman–Crippen MR) is 74.7 cm³/mol. The normalized spacial score (nSPS) is 14.2. The number of benzene rings is 1. The van der Waals surface area contributed by atoms with E-state index in [-0.39, 0.29) is 0 Å². The van der Waals surface area contributed by atoms with E-state index in [1.807, 2.05) is 13.8 Å². The van der Waals surface area contributed by atoms with E-state index in [0.29, 0.717) is 11.5 Å². The smallest absolute Gasteiger partial charge is 0.324 e. The summed E-state index contributed by atoms with van der Waals surface area (Å²) in [6.07, 6.45) is 2.44. The van der Waals surface area contributed by atoms with Gasteiger partial charge in [0.25, 0.3) is 0 Å². The molecule has 1 saturated carbocycles. The minimum atomic E-state index is -1.00. The van der Waals surface area contributed by atoms with E-state index in [2.05, 4.69) is 12.1 Å². The van der Waals surface area contributed by atoms with Crippen LogP contribution in [-0.4, -0.2) is 26.2 Å². The molecule has 0 radical (unpaired) electrons. The molecular weight excluding hydrogens is 256 g/mol. The van der Waals surface area contributed by atoms with Crippen molar-refractivity contribution in [3.8, 4) is 0 Å². The Morgan fingerprint density at radius 1 is 1.05 bits per heavy atom. The van der Waals surface area contributed by atoms with Crippen molar-refractivity contribution in [3.05, 3.63) is 34.4 Å². The van der Waals surface area contributed by atoms with Crippen LogP contribution in [0.4, 0.5) is 0 Å². The second kappa shape index (κ2) is 5.65. The molecule has 108 valence electrons. The van der Waals surface area contributed by atoms with Gasteiger partial charge in [-0.2, -0.15) is 0 Å². The van der Waals surface area contributed by atoms with Crippen LogP contribution in [0.3, 0.4) is 0 Å². The highest BCUT2D eigenvalue weighted by Crippen LogP contribution is 2.42. The lowest BCUT2D eigenvalue weighted by Crippen LogP contribution is -2.26. The van der Waals surface area contributed by atoms with Crippen LogP contribution < -0.4 is 0 Å². The summed E-state index contributed by atoms with van der Waals surface area (Å²) in [6, 6.07) is 4.14. The van der Waals surface area contributed by atoms with Crippen molar-refractivity contribution in [2.75, 3.05) is 14.2 Å². The van der Waals surface area contributed by atoms with Crippen molar-refractivity contribution in [3.63, 3.8) is 0 Å². The van der Waals surface area contributed by atoms with Crippen LogP contribution in [0.15, 0.2) is 12.1 Å². The Bertz CT molecular complexity index is 504. The van der Waals surface area contributed by atoms with Gasteiger partial charge in [-0.15, -0.1) is 0 Å². The van der Waals surface area contributed by atoms with Crippen LogP contribution in [0.25, 0.3) is 0 Å². The number of carbonyl (C=O) groups is 2. The lowest BCUT2D eigenvalue weighted by molar-refractivity contribution is -0.154. The fourth-order valence-corrected chi connectivity index (χ4v) is 2.68. The highest BCUT2D eigenvalue weighted by Gasteiger charge is 2.34. The number of hydrogen-bond acceptors (Lipinski definition) is 4. The topological polar surface area (TPSA) is 52.6 Å². The first-order valence-corrected chi connectivity index (χ1v) is 6.76. The maximum Gasteiger partial charge on any atom is 0.324 e. The summed E-state index contributed by atoms with van der Waals surface area (Å²) in [7, 11) is 2.56. The van der Waals surface area contributed by atoms with E-state index in [9.17, 15) is 9.59 Å². The van der Waals surface area contributed by atoms with Crippen LogP contribution in [0.2, 0.25) is 0 Å². The molecule has 1 fully saturated rings. The lowest BCUT2D eigenvalue weighted by atomic mass is 9.88. The van der Waals surface area contributed by atoms with E-state index in [1.54, 1.807) is 0 Å². The van der Waals surface area contributed by atoms with Gasteiger partial charge in [0.1, 0.15) is 0 Å². The van der Waals surface area contributed by atoms with Crippen LogP contribution >= 0.6 is 0 Å². The molecule has 0 aliphatic heterocycles. The number of carbonyl (C=O) groups excluding carboxylic acids is 2. The third-order valence-electron chi connectivity index (χ3n) is 3.83. The molecule has 0 N–H and O–H groups in total. The zero-order chi connectivity index (χ0) is 14.9. The Morgan fingerprint density at radius 3 is 1.85 bits per heavy atom. The van der Waals surface area contributed by atoms with Crippen molar-refractivity contribution in [1.29, 1.82) is 0 Å². The summed E-state index contributed by atoms with van der Waals surface area (Å²) >= 11 is 0. The molecule has 0 bridgehead atoms. The molecule has 4 nitrogen and oxygen atoms in total. The number of hydrogen-bond donors (Lipinski definition) is 0. The Balaban J connectivity index is 2.47. The number of rotatable bonds is 4. The van der Waals surface area contributed by atoms with Crippen LogP contribution in [-0.2, 0) is 19.1 Å². The Labute approximate surface area is 119 Å². The Hall–Kier alpha value is -1.84. The first kappa shape index (κ1) is 14.6. The third kappa shape index (κ3) is 2.69. The highest BCUT2D eigenvalue weighted by atomic mass is 16.5. The number of ether oxygens (including phenoxy) is 2. The maximum atomic E-state index is 11.9. The van der Waals surface area contributed by atoms with E-state index in [0.717, 1.165) is 11.1 Å². The predicted octanol–water partition coefficient (Wildman–Crippen LogP) is 2.61. The van der Waals surface area contributed by atoms with Gasteiger partial charge in [0, 0.05) is 0 Å². The number of aryl methyl sites for hydroxylation is 2. The van der Waals surface area contributed by atoms with E-state index in [4.69, 9.17) is 9.47 Å². The first-order valence-electron chi connectivity index (χ1n) is 6.76. The second-order valence-corrected chi connectivity index (χ2v) is 5.32. The van der Waals surface area contributed by atoms with Crippen molar-refractivity contribution in [2.24, 2.45) is 0 Å². The summed E-state index contributed by atoms with van der Waals surface area (Å²) in [6.45, 7) is 3.85. The largest absolute Gasteiger partial charge is 0.468 e. The molecular formula is C16H20O4. The van der Waals surface area contributed by atoms with Crippen molar-refractivity contribution in [2.45, 2.75) is 38.5 Å². The lowest BCUT2D eigenvalue weighted by Gasteiger charge is -2.19. The fraction of sp³-hybridized carbons (Fsp3) is 0.500. The molecule has 0 heterocycles. The SMILES string of the molecule is COC(=O)C(C(=O)OC)c1c(C)cc(C2CC2)cc1C. The van der Waals surface area contributed by atoms with Gasteiger partial charge >= 0.3 is 11.9 Å². The molecule has 1 aromatic rings. The molecule has 0 aromatic heterocycles. The summed E-state index contributed by atoms with van der Waals surface area (Å²) in [4.78, 5) is 23.9. The molecule has 2 rings (SSSR count). The molecule has 0 unspecified atom stereocenters. The zero-order valence-corrected chi connectivity index (χ0v) is 12.4. The van der Waals surface area contributed by atoms with E-state index >= 15 is 0 Å². The average molecular weight is 276 g/mol. The fourth-order valence-electron chi connectivity index (χ4n) is 2.68. The quantitative estimate of drug-likeness (QED) is 0.626. The summed E-state index contributed by atoms with van der Waals surface area (Å²) < 4.78 is 9.50. The summed E-state index contributed by atoms with van der Waals surface area (Å²) in [5.74, 6) is -1.53. The van der Waals surface area contributed by atoms with Gasteiger partial charge in [0.15, 0.2) is 5.92 Å². The van der Waals surface area contributed by atoms with Crippen LogP contribution in [0, 0.1) is 13.8 Å². The maximum absolute atomic E-state index is 11.9. The Morgan fingerprint density at radius 2 is 1.50 bits per heavy atom. The standard InChI is InChI=1S/C16H20O4/c1-9-7-12(11-5-6-11)8-10(2)13(9)14(15(17)19-3)16(18)20-4/h7-8,11,14H,5-6H2,1-4H3. The minimum Gasteiger partial charge on any atom is -0.468 e. The van der Waals surface area contributed by atoms with Crippen LogP contribution in [0.5, 0.6) is 0 Å². The van der Waals surface area contributed by atoms with Gasteiger partial charge in [0.05, 0.1) is 14.2 Å². The minimum absolute atomic E-state index is 0.581. The first-order chi connectivity index (χ1) is 9.49. The monoisotopic (exact) mass is 276 g/mol. The third-order valence-corrected chi connectivity index (χ3v) is 3.83. The molecule has 0 saturated heterocycles. The Kier molecular flexibility index (Phi) is 4.12. The molecule has 0 amide bonds. The van der Waals surface area contributed by atoms with Gasteiger partial charge in [-0.25, -0.2) is 0 Å². The van der Waals surface area contributed by atoms with E-state index < -0.39 is 17.9 Å². The average Bonchev–Trinajstić information content (AvgIpc) is 3.25. The van der Waals surface area contributed by atoms with Gasteiger partial charge in [0.2, 0.25) is 0 Å². The molecule has 1 aromatic carbocycles. The summed E-state index contributed by atoms with van der Waals surface area (Å²) in [5.41, 5.74) is 3.87. The van der Waals surface area contributed by atoms with Gasteiger partial charge in [-0.05, 0) is 54.9 Å². The van der Waals surface area contributed by atoms with Gasteiger partial charge < -0.3 is 9.47 Å². The molecule has 1 aliphatic rings. The van der Waals surface area contributed by atoms with Gasteiger partial charge in [-0.1, -0.05) is 12.1 Å². The van der Waals surface area contributed by atoms with Crippen molar-refractivity contribution in [1.82, 2.24) is 0 Å². The molecule has 0 atom stereocenters. The second-order valence-electron chi connectivity index (χ2n) is 5.32. The molecule has 20 heavy (non-hydrogen) atoms. The number of methoxy groups -OCH3 is 2. The summed E-state index contributed by atoms with van der Waals surface area (Å²) in [5, 5.41) is 0. The van der Waals surface area contributed by atoms with Crippen molar-refractivity contribution < 1.29 is 19.1 Å². The number of esters is 2. The van der Waals surface area contributed by atoms with E-state index in [1.165, 1.54) is 32.6 Å².